The van der Waals surface area contributed by atoms with Gasteiger partial charge in [-0.2, -0.15) is 0 Å². The summed E-state index contributed by atoms with van der Waals surface area (Å²) in [5.74, 6) is 0.0475. The summed E-state index contributed by atoms with van der Waals surface area (Å²) < 4.78 is 5.69. The number of amides is 1. The predicted molar refractivity (Wildman–Crippen MR) is 85.7 cm³/mol. The first-order valence-electron chi connectivity index (χ1n) is 7.60. The molecule has 0 radical (unpaired) electrons. The Labute approximate surface area is 127 Å². The highest BCUT2D eigenvalue weighted by Gasteiger charge is 2.23. The fourth-order valence-corrected chi connectivity index (χ4v) is 3.17. The minimum atomic E-state index is 0.0475. The molecule has 0 spiro atoms. The smallest absolute Gasteiger partial charge is 0.238 e. The van der Waals surface area contributed by atoms with Crippen molar-refractivity contribution in [3.05, 3.63) is 28.8 Å². The largest absolute Gasteiger partial charge is 0.373 e. The van der Waals surface area contributed by atoms with Gasteiger partial charge < -0.3 is 10.1 Å². The van der Waals surface area contributed by atoms with Crippen LogP contribution in [-0.2, 0) is 9.53 Å². The van der Waals surface area contributed by atoms with Crippen LogP contribution in [0.5, 0.6) is 0 Å². The van der Waals surface area contributed by atoms with Crippen LogP contribution in [0, 0.1) is 20.8 Å². The van der Waals surface area contributed by atoms with Crippen LogP contribution < -0.4 is 5.32 Å². The predicted octanol–water partition coefficient (Wildman–Crippen LogP) is 2.66. The first kappa shape index (κ1) is 16.0. The van der Waals surface area contributed by atoms with Crippen molar-refractivity contribution in [3.8, 4) is 0 Å². The van der Waals surface area contributed by atoms with Crippen molar-refractivity contribution < 1.29 is 9.53 Å². The maximum absolute atomic E-state index is 12.3. The Morgan fingerprint density at radius 3 is 2.24 bits per heavy atom. The standard InChI is InChI=1S/C17H26N2O2/c1-11-6-12(2)17(13(3)7-11)18-16(20)10-19-8-14(4)21-15(5)9-19/h6-7,14-15H,8-10H2,1-5H3,(H,18,20)/t14-,15-/m0/s1. The number of carbonyl (C=O) groups excluding carboxylic acids is 1. The van der Waals surface area contributed by atoms with Crippen LogP contribution in [0.4, 0.5) is 5.69 Å². The lowest BCUT2D eigenvalue weighted by atomic mass is 10.1. The number of hydrogen-bond donors (Lipinski definition) is 1. The molecule has 1 fully saturated rings. The number of nitrogens with zero attached hydrogens (tertiary/aromatic N) is 1. The number of ether oxygens (including phenoxy) is 1. The minimum absolute atomic E-state index is 0.0475. The molecule has 116 valence electrons. The molecule has 1 aromatic carbocycles. The highest BCUT2D eigenvalue weighted by atomic mass is 16.5. The summed E-state index contributed by atoms with van der Waals surface area (Å²) >= 11 is 0. The number of rotatable bonds is 3. The molecule has 1 aliphatic heterocycles. The summed E-state index contributed by atoms with van der Waals surface area (Å²) in [7, 11) is 0. The van der Waals surface area contributed by atoms with Gasteiger partial charge in [0.05, 0.1) is 18.8 Å². The van der Waals surface area contributed by atoms with E-state index >= 15 is 0 Å². The van der Waals surface area contributed by atoms with E-state index in [1.165, 1.54) is 5.56 Å². The maximum Gasteiger partial charge on any atom is 0.238 e. The van der Waals surface area contributed by atoms with Crippen molar-refractivity contribution in [1.29, 1.82) is 0 Å². The summed E-state index contributed by atoms with van der Waals surface area (Å²) in [6, 6.07) is 4.20. The van der Waals surface area contributed by atoms with Gasteiger partial charge in [-0.25, -0.2) is 0 Å². The summed E-state index contributed by atoms with van der Waals surface area (Å²) in [4.78, 5) is 14.4. The Bertz CT molecular complexity index is 495. The zero-order valence-electron chi connectivity index (χ0n) is 13.7. The second kappa shape index (κ2) is 6.58. The van der Waals surface area contributed by atoms with Crippen molar-refractivity contribution in [2.75, 3.05) is 25.0 Å². The molecule has 1 amide bonds. The normalized spacial score (nSPS) is 23.1. The highest BCUT2D eigenvalue weighted by molar-refractivity contribution is 5.93. The number of benzene rings is 1. The van der Waals surface area contributed by atoms with Gasteiger partial charge in [0.25, 0.3) is 0 Å². The van der Waals surface area contributed by atoms with Crippen LogP contribution in [0.25, 0.3) is 0 Å². The molecular weight excluding hydrogens is 264 g/mol. The van der Waals surface area contributed by atoms with Crippen LogP contribution in [0.15, 0.2) is 12.1 Å². The molecule has 1 heterocycles. The second-order valence-corrected chi connectivity index (χ2v) is 6.27. The molecule has 1 N–H and O–H groups in total. The number of hydrogen-bond acceptors (Lipinski definition) is 3. The second-order valence-electron chi connectivity index (χ2n) is 6.27. The number of nitrogens with one attached hydrogen (secondary N) is 1. The van der Waals surface area contributed by atoms with Gasteiger partial charge in [0.1, 0.15) is 0 Å². The average molecular weight is 290 g/mol. The molecule has 1 aromatic rings. The SMILES string of the molecule is Cc1cc(C)c(NC(=O)CN2C[C@H](C)O[C@@H](C)C2)c(C)c1. The Kier molecular flexibility index (Phi) is 5.01. The lowest BCUT2D eigenvalue weighted by molar-refractivity contribution is -0.121. The molecule has 1 saturated heterocycles. The van der Waals surface area contributed by atoms with E-state index in [0.29, 0.717) is 6.54 Å². The Morgan fingerprint density at radius 2 is 1.71 bits per heavy atom. The molecule has 0 bridgehead atoms. The summed E-state index contributed by atoms with van der Waals surface area (Å²) in [5.41, 5.74) is 4.40. The molecule has 2 rings (SSSR count). The third-order valence-corrected chi connectivity index (χ3v) is 3.80. The summed E-state index contributed by atoms with van der Waals surface area (Å²) in [6.45, 7) is 12.3. The number of carbonyl (C=O) groups is 1. The monoisotopic (exact) mass is 290 g/mol. The van der Waals surface area contributed by atoms with E-state index in [-0.39, 0.29) is 18.1 Å². The van der Waals surface area contributed by atoms with E-state index in [4.69, 9.17) is 4.74 Å². The average Bonchev–Trinajstić information content (AvgIpc) is 2.32. The van der Waals surface area contributed by atoms with Crippen molar-refractivity contribution in [1.82, 2.24) is 4.90 Å². The minimum Gasteiger partial charge on any atom is -0.373 e. The topological polar surface area (TPSA) is 41.6 Å². The fraction of sp³-hybridized carbons (Fsp3) is 0.588. The van der Waals surface area contributed by atoms with Crippen LogP contribution in [0.2, 0.25) is 0 Å². The number of anilines is 1. The van der Waals surface area contributed by atoms with E-state index in [9.17, 15) is 4.79 Å². The van der Waals surface area contributed by atoms with Crippen molar-refractivity contribution in [2.45, 2.75) is 46.8 Å². The van der Waals surface area contributed by atoms with Gasteiger partial charge in [0.15, 0.2) is 0 Å². The molecule has 0 aromatic heterocycles. The van der Waals surface area contributed by atoms with Gasteiger partial charge in [-0.05, 0) is 45.7 Å². The van der Waals surface area contributed by atoms with Gasteiger partial charge in [0.2, 0.25) is 5.91 Å². The zero-order valence-corrected chi connectivity index (χ0v) is 13.7. The van der Waals surface area contributed by atoms with Crippen molar-refractivity contribution in [3.63, 3.8) is 0 Å². The van der Waals surface area contributed by atoms with Gasteiger partial charge >= 0.3 is 0 Å². The van der Waals surface area contributed by atoms with Crippen molar-refractivity contribution >= 4 is 11.6 Å². The first-order chi connectivity index (χ1) is 9.85. The van der Waals surface area contributed by atoms with E-state index in [2.05, 4.69) is 43.1 Å². The Morgan fingerprint density at radius 1 is 1.19 bits per heavy atom. The maximum atomic E-state index is 12.3. The molecule has 0 unspecified atom stereocenters. The molecule has 2 atom stereocenters. The molecule has 1 aliphatic rings. The lowest BCUT2D eigenvalue weighted by Crippen LogP contribution is -2.48. The summed E-state index contributed by atoms with van der Waals surface area (Å²) in [6.07, 6.45) is 0.369. The first-order valence-corrected chi connectivity index (χ1v) is 7.60. The van der Waals surface area contributed by atoms with E-state index in [1.54, 1.807) is 0 Å². The molecular formula is C17H26N2O2. The van der Waals surface area contributed by atoms with E-state index in [1.807, 2.05) is 13.8 Å². The van der Waals surface area contributed by atoms with Crippen LogP contribution in [0.1, 0.15) is 30.5 Å². The highest BCUT2D eigenvalue weighted by Crippen LogP contribution is 2.22. The lowest BCUT2D eigenvalue weighted by Gasteiger charge is -2.34. The molecule has 4 heteroatoms. The van der Waals surface area contributed by atoms with Gasteiger partial charge in [-0.3, -0.25) is 9.69 Å². The Hall–Kier alpha value is -1.39. The quantitative estimate of drug-likeness (QED) is 0.930. The van der Waals surface area contributed by atoms with Gasteiger partial charge in [0, 0.05) is 18.8 Å². The molecule has 0 aliphatic carbocycles. The third-order valence-electron chi connectivity index (χ3n) is 3.80. The third kappa shape index (κ3) is 4.29. The van der Waals surface area contributed by atoms with Crippen LogP contribution >= 0.6 is 0 Å². The molecule has 4 nitrogen and oxygen atoms in total. The van der Waals surface area contributed by atoms with Gasteiger partial charge in [-0.1, -0.05) is 17.7 Å². The van der Waals surface area contributed by atoms with Crippen LogP contribution in [0.3, 0.4) is 0 Å². The summed E-state index contributed by atoms with van der Waals surface area (Å²) in [5, 5.41) is 3.06. The Balaban J connectivity index is 1.99. The van der Waals surface area contributed by atoms with Crippen LogP contribution in [-0.4, -0.2) is 42.6 Å². The fourth-order valence-electron chi connectivity index (χ4n) is 3.17. The van der Waals surface area contributed by atoms with Crippen molar-refractivity contribution in [2.24, 2.45) is 0 Å². The van der Waals surface area contributed by atoms with E-state index < -0.39 is 0 Å². The van der Waals surface area contributed by atoms with Gasteiger partial charge in [-0.15, -0.1) is 0 Å². The number of aryl methyl sites for hydroxylation is 3. The number of morpholine rings is 1. The van der Waals surface area contributed by atoms with E-state index in [0.717, 1.165) is 29.9 Å². The zero-order chi connectivity index (χ0) is 15.6. The molecule has 21 heavy (non-hydrogen) atoms. The molecule has 0 saturated carbocycles.